The largest absolute Gasteiger partial charge is 0.349 e. The van der Waals surface area contributed by atoms with E-state index in [0.29, 0.717) is 5.75 Å². The molecule has 0 aliphatic rings. The summed E-state index contributed by atoms with van der Waals surface area (Å²) in [6.45, 7) is 4.15. The number of carbonyl (C=O) groups excluding carboxylic acids is 1. The van der Waals surface area contributed by atoms with Crippen molar-refractivity contribution in [2.75, 3.05) is 5.75 Å². The zero-order valence-corrected chi connectivity index (χ0v) is 14.8. The summed E-state index contributed by atoms with van der Waals surface area (Å²) >= 11 is 1.42. The lowest BCUT2D eigenvalue weighted by Crippen LogP contribution is -2.28. The smallest absolute Gasteiger partial charge is 0.230 e. The van der Waals surface area contributed by atoms with E-state index in [2.05, 4.69) is 22.4 Å². The Morgan fingerprint density at radius 2 is 2.04 bits per heavy atom. The fraction of sp³-hybridized carbons (Fsp3) is 0.471. The Labute approximate surface area is 141 Å². The van der Waals surface area contributed by atoms with E-state index in [-0.39, 0.29) is 11.9 Å². The van der Waals surface area contributed by atoms with Crippen molar-refractivity contribution in [3.63, 3.8) is 0 Å². The molecule has 23 heavy (non-hydrogen) atoms. The molecule has 0 saturated carbocycles. The maximum atomic E-state index is 12.1. The van der Waals surface area contributed by atoms with Gasteiger partial charge in [-0.1, -0.05) is 55.4 Å². The van der Waals surface area contributed by atoms with Gasteiger partial charge in [0, 0.05) is 13.5 Å². The molecule has 0 fully saturated rings. The van der Waals surface area contributed by atoms with Crippen LogP contribution in [0.1, 0.15) is 44.1 Å². The zero-order valence-electron chi connectivity index (χ0n) is 14.0. The van der Waals surface area contributed by atoms with Gasteiger partial charge < -0.3 is 9.88 Å². The maximum absolute atomic E-state index is 12.1. The minimum atomic E-state index is 0.00362. The van der Waals surface area contributed by atoms with Gasteiger partial charge in [0.25, 0.3) is 0 Å². The fourth-order valence-corrected chi connectivity index (χ4v) is 3.00. The first-order valence-corrected chi connectivity index (χ1v) is 8.95. The van der Waals surface area contributed by atoms with Gasteiger partial charge in [-0.3, -0.25) is 4.79 Å². The van der Waals surface area contributed by atoms with Gasteiger partial charge in [-0.05, 0) is 18.9 Å². The van der Waals surface area contributed by atoms with E-state index in [0.717, 1.165) is 35.8 Å². The first kappa shape index (κ1) is 17.5. The van der Waals surface area contributed by atoms with E-state index in [1.54, 1.807) is 0 Å². The highest BCUT2D eigenvalue weighted by Gasteiger charge is 2.13. The van der Waals surface area contributed by atoms with Gasteiger partial charge in [-0.2, -0.15) is 0 Å². The maximum Gasteiger partial charge on any atom is 0.230 e. The van der Waals surface area contributed by atoms with Crippen molar-refractivity contribution in [1.29, 1.82) is 0 Å². The normalized spacial score (nSPS) is 12.1. The van der Waals surface area contributed by atoms with Crippen LogP contribution >= 0.6 is 11.8 Å². The van der Waals surface area contributed by atoms with Crippen molar-refractivity contribution in [2.45, 2.75) is 44.3 Å². The standard InChI is InChI=1S/C17H24N4OS/c1-4-5-11-15-19-20-17(21(15)3)23-12-16(22)18-13(2)14-9-7-6-8-10-14/h6-10,13H,4-5,11-12H2,1-3H3,(H,18,22)/t13-/m0/s1. The van der Waals surface area contributed by atoms with Gasteiger partial charge in [0.2, 0.25) is 5.91 Å². The predicted octanol–water partition coefficient (Wildman–Crippen LogP) is 3.13. The molecule has 0 radical (unpaired) electrons. The topological polar surface area (TPSA) is 59.8 Å². The summed E-state index contributed by atoms with van der Waals surface area (Å²) in [5.41, 5.74) is 1.10. The first-order chi connectivity index (χ1) is 11.1. The number of nitrogens with one attached hydrogen (secondary N) is 1. The van der Waals surface area contributed by atoms with Crippen LogP contribution in [0.5, 0.6) is 0 Å². The molecule has 0 bridgehead atoms. The summed E-state index contributed by atoms with van der Waals surface area (Å²) in [4.78, 5) is 12.1. The fourth-order valence-electron chi connectivity index (χ4n) is 2.26. The number of aryl methyl sites for hydroxylation is 1. The van der Waals surface area contributed by atoms with Crippen molar-refractivity contribution in [3.05, 3.63) is 41.7 Å². The molecule has 0 unspecified atom stereocenters. The number of carbonyl (C=O) groups is 1. The molecule has 124 valence electrons. The van der Waals surface area contributed by atoms with Crippen molar-refractivity contribution < 1.29 is 4.79 Å². The molecule has 1 amide bonds. The number of amides is 1. The third-order valence-corrected chi connectivity index (χ3v) is 4.71. The lowest BCUT2D eigenvalue weighted by molar-refractivity contribution is -0.119. The van der Waals surface area contributed by atoms with E-state index < -0.39 is 0 Å². The Balaban J connectivity index is 1.84. The quantitative estimate of drug-likeness (QED) is 0.755. The van der Waals surface area contributed by atoms with Crippen LogP contribution in [0.4, 0.5) is 0 Å². The molecule has 1 heterocycles. The third kappa shape index (κ3) is 5.10. The van der Waals surface area contributed by atoms with Gasteiger partial charge in [0.1, 0.15) is 5.82 Å². The summed E-state index contributed by atoms with van der Waals surface area (Å²) in [5, 5.41) is 12.2. The van der Waals surface area contributed by atoms with Crippen LogP contribution < -0.4 is 5.32 Å². The zero-order chi connectivity index (χ0) is 16.7. The number of nitrogens with zero attached hydrogens (tertiary/aromatic N) is 3. The molecule has 1 atom stereocenters. The second kappa shape index (κ2) is 8.72. The molecule has 1 aromatic carbocycles. The summed E-state index contributed by atoms with van der Waals surface area (Å²) < 4.78 is 1.98. The van der Waals surface area contributed by atoms with Crippen LogP contribution in [0, 0.1) is 0 Å². The molecule has 0 aliphatic carbocycles. The molecular weight excluding hydrogens is 308 g/mol. The lowest BCUT2D eigenvalue weighted by atomic mass is 10.1. The average Bonchev–Trinajstić information content (AvgIpc) is 2.92. The van der Waals surface area contributed by atoms with E-state index in [9.17, 15) is 4.79 Å². The molecule has 1 aromatic heterocycles. The predicted molar refractivity (Wildman–Crippen MR) is 93.3 cm³/mol. The molecule has 6 heteroatoms. The first-order valence-electron chi connectivity index (χ1n) is 7.97. The van der Waals surface area contributed by atoms with Crippen LogP contribution in [0.2, 0.25) is 0 Å². The van der Waals surface area contributed by atoms with Crippen LogP contribution in [0.3, 0.4) is 0 Å². The van der Waals surface area contributed by atoms with Gasteiger partial charge >= 0.3 is 0 Å². The number of hydrogen-bond acceptors (Lipinski definition) is 4. The molecule has 2 aromatic rings. The summed E-state index contributed by atoms with van der Waals surface area (Å²) in [7, 11) is 1.96. The number of thioether (sulfide) groups is 1. The molecule has 0 spiro atoms. The van der Waals surface area contributed by atoms with Crippen LogP contribution in [0.15, 0.2) is 35.5 Å². The summed E-state index contributed by atoms with van der Waals surface area (Å²) in [6, 6.07) is 9.96. The van der Waals surface area contributed by atoms with E-state index >= 15 is 0 Å². The number of rotatable bonds is 8. The Bertz CT molecular complexity index is 627. The van der Waals surface area contributed by atoms with E-state index in [4.69, 9.17) is 0 Å². The Kier molecular flexibility index (Phi) is 6.65. The molecule has 2 rings (SSSR count). The SMILES string of the molecule is CCCCc1nnc(SCC(=O)N[C@@H](C)c2ccccc2)n1C. The molecule has 0 aliphatic heterocycles. The summed E-state index contributed by atoms with van der Waals surface area (Å²) in [6.07, 6.45) is 3.17. The molecule has 0 saturated heterocycles. The average molecular weight is 332 g/mol. The molecular formula is C17H24N4OS. The Morgan fingerprint density at radius 1 is 1.30 bits per heavy atom. The monoisotopic (exact) mass is 332 g/mol. The van der Waals surface area contributed by atoms with Gasteiger partial charge in [0.15, 0.2) is 5.16 Å². The second-order valence-electron chi connectivity index (χ2n) is 5.55. The molecule has 5 nitrogen and oxygen atoms in total. The lowest BCUT2D eigenvalue weighted by Gasteiger charge is -2.13. The number of aromatic nitrogens is 3. The van der Waals surface area contributed by atoms with Gasteiger partial charge in [-0.15, -0.1) is 10.2 Å². The van der Waals surface area contributed by atoms with Crippen LogP contribution in [-0.4, -0.2) is 26.4 Å². The van der Waals surface area contributed by atoms with Crippen molar-refractivity contribution in [3.8, 4) is 0 Å². The van der Waals surface area contributed by atoms with Gasteiger partial charge in [0.05, 0.1) is 11.8 Å². The van der Waals surface area contributed by atoms with Crippen molar-refractivity contribution >= 4 is 17.7 Å². The highest BCUT2D eigenvalue weighted by molar-refractivity contribution is 7.99. The van der Waals surface area contributed by atoms with E-state index in [1.165, 1.54) is 11.8 Å². The van der Waals surface area contributed by atoms with E-state index in [1.807, 2.05) is 48.9 Å². The van der Waals surface area contributed by atoms with Crippen molar-refractivity contribution in [1.82, 2.24) is 20.1 Å². The number of unbranched alkanes of at least 4 members (excludes halogenated alkanes) is 1. The third-order valence-electron chi connectivity index (χ3n) is 3.69. The highest BCUT2D eigenvalue weighted by Crippen LogP contribution is 2.17. The van der Waals surface area contributed by atoms with Crippen LogP contribution in [-0.2, 0) is 18.3 Å². The Morgan fingerprint density at radius 3 is 2.74 bits per heavy atom. The highest BCUT2D eigenvalue weighted by atomic mass is 32.2. The Hall–Kier alpha value is -1.82. The van der Waals surface area contributed by atoms with Gasteiger partial charge in [-0.25, -0.2) is 0 Å². The number of hydrogen-bond donors (Lipinski definition) is 1. The minimum Gasteiger partial charge on any atom is -0.349 e. The van der Waals surface area contributed by atoms with Crippen molar-refractivity contribution in [2.24, 2.45) is 7.05 Å². The minimum absolute atomic E-state index is 0.00362. The number of benzene rings is 1. The molecule has 1 N–H and O–H groups in total. The second-order valence-corrected chi connectivity index (χ2v) is 6.49. The van der Waals surface area contributed by atoms with Crippen LogP contribution in [0.25, 0.3) is 0 Å². The summed E-state index contributed by atoms with van der Waals surface area (Å²) in [5.74, 6) is 1.33.